The van der Waals surface area contributed by atoms with E-state index in [-0.39, 0.29) is 0 Å². The highest BCUT2D eigenvalue weighted by Crippen LogP contribution is 2.13. The molecule has 0 saturated heterocycles. The second kappa shape index (κ2) is 4.97. The zero-order valence-corrected chi connectivity index (χ0v) is 7.94. The summed E-state index contributed by atoms with van der Waals surface area (Å²) in [6, 6.07) is 7.30. The molecule has 0 aliphatic heterocycles. The van der Waals surface area contributed by atoms with E-state index in [1.165, 1.54) is 0 Å². The Morgan fingerprint density at radius 2 is 1.86 bits per heavy atom. The minimum absolute atomic E-state index is 0.675. The average Bonchev–Trinajstić information content (AvgIpc) is 2.26. The molecule has 1 aromatic carbocycles. The van der Waals surface area contributed by atoms with Gasteiger partial charge in [0.2, 0.25) is 0 Å². The molecule has 0 radical (unpaired) electrons. The second-order valence-electron chi connectivity index (χ2n) is 2.86. The van der Waals surface area contributed by atoms with Gasteiger partial charge in [0.05, 0.1) is 0 Å². The minimum atomic E-state index is 0.675. The Hall–Kier alpha value is -1.89. The van der Waals surface area contributed by atoms with Gasteiger partial charge in [-0.15, -0.1) is 0 Å². The van der Waals surface area contributed by atoms with Gasteiger partial charge in [0.25, 0.3) is 0 Å². The van der Waals surface area contributed by atoms with Crippen molar-refractivity contribution in [3.63, 3.8) is 0 Å². The Kier molecular flexibility index (Phi) is 3.62. The van der Waals surface area contributed by atoms with Crippen molar-refractivity contribution in [1.82, 2.24) is 0 Å². The molecule has 0 spiro atoms. The fourth-order valence-corrected chi connectivity index (χ4v) is 1.06. The van der Waals surface area contributed by atoms with Crippen LogP contribution in [0.15, 0.2) is 55.7 Å². The lowest BCUT2D eigenvalue weighted by atomic mass is 10.1. The van der Waals surface area contributed by atoms with Crippen molar-refractivity contribution in [2.45, 2.75) is 0 Å². The molecule has 0 aliphatic carbocycles. The average molecular weight is 184 g/mol. The molecule has 0 fully saturated rings. The molecule has 1 rings (SSSR count). The number of carbonyl (C=O) groups is 1. The van der Waals surface area contributed by atoms with Crippen molar-refractivity contribution in [3.05, 3.63) is 66.8 Å². The SMILES string of the molecule is C=C/C=C\C(=C)c1ccc(C=O)cc1. The number of benzene rings is 1. The van der Waals surface area contributed by atoms with Gasteiger partial charge in [-0.05, 0) is 11.1 Å². The summed E-state index contributed by atoms with van der Waals surface area (Å²) in [4.78, 5) is 10.4. The number of hydrogen-bond donors (Lipinski definition) is 0. The summed E-state index contributed by atoms with van der Waals surface area (Å²) in [5.41, 5.74) is 2.59. The molecule has 1 nitrogen and oxygen atoms in total. The minimum Gasteiger partial charge on any atom is -0.298 e. The second-order valence-corrected chi connectivity index (χ2v) is 2.86. The van der Waals surface area contributed by atoms with Crippen LogP contribution in [0.2, 0.25) is 0 Å². The third-order valence-corrected chi connectivity index (χ3v) is 1.85. The van der Waals surface area contributed by atoms with Crippen LogP contribution >= 0.6 is 0 Å². The molecule has 0 unspecified atom stereocenters. The van der Waals surface area contributed by atoms with E-state index in [1.54, 1.807) is 18.2 Å². The summed E-state index contributed by atoms with van der Waals surface area (Å²) < 4.78 is 0. The summed E-state index contributed by atoms with van der Waals surface area (Å²) >= 11 is 0. The zero-order chi connectivity index (χ0) is 10.4. The molecule has 0 N–H and O–H groups in total. The lowest BCUT2D eigenvalue weighted by molar-refractivity contribution is 0.112. The van der Waals surface area contributed by atoms with E-state index in [2.05, 4.69) is 13.2 Å². The van der Waals surface area contributed by atoms with Gasteiger partial charge < -0.3 is 0 Å². The number of aldehydes is 1. The van der Waals surface area contributed by atoms with Crippen LogP contribution in [0.4, 0.5) is 0 Å². The molecule has 14 heavy (non-hydrogen) atoms. The first-order valence-corrected chi connectivity index (χ1v) is 4.31. The van der Waals surface area contributed by atoms with Gasteiger partial charge >= 0.3 is 0 Å². The maximum atomic E-state index is 10.4. The first kappa shape index (κ1) is 10.2. The van der Waals surface area contributed by atoms with Crippen LogP contribution in [0.3, 0.4) is 0 Å². The fourth-order valence-electron chi connectivity index (χ4n) is 1.06. The molecule has 0 atom stereocenters. The van der Waals surface area contributed by atoms with Crippen LogP contribution in [0.25, 0.3) is 5.57 Å². The first-order valence-electron chi connectivity index (χ1n) is 4.31. The lowest BCUT2D eigenvalue weighted by Gasteiger charge is -1.99. The maximum absolute atomic E-state index is 10.4. The molecule has 0 amide bonds. The van der Waals surface area contributed by atoms with Gasteiger partial charge in [0.15, 0.2) is 0 Å². The van der Waals surface area contributed by atoms with Gasteiger partial charge in [-0.3, -0.25) is 4.79 Å². The van der Waals surface area contributed by atoms with E-state index in [1.807, 2.05) is 24.3 Å². The standard InChI is InChI=1S/C13H12O/c1-3-4-5-11(2)13-8-6-12(10-14)7-9-13/h3-10H,1-2H2/b5-4-. The van der Waals surface area contributed by atoms with Crippen LogP contribution in [0.5, 0.6) is 0 Å². The van der Waals surface area contributed by atoms with Gasteiger partial charge in [-0.2, -0.15) is 0 Å². The predicted octanol–water partition coefficient (Wildman–Crippen LogP) is 3.25. The number of hydrogen-bond acceptors (Lipinski definition) is 1. The van der Waals surface area contributed by atoms with Crippen molar-refractivity contribution in [1.29, 1.82) is 0 Å². The van der Waals surface area contributed by atoms with Crippen LogP contribution in [0, 0.1) is 0 Å². The third kappa shape index (κ3) is 2.56. The zero-order valence-electron chi connectivity index (χ0n) is 7.94. The van der Waals surface area contributed by atoms with Crippen LogP contribution in [0.1, 0.15) is 15.9 Å². The molecular weight excluding hydrogens is 172 g/mol. The van der Waals surface area contributed by atoms with Crippen molar-refractivity contribution in [3.8, 4) is 0 Å². The molecule has 1 heteroatoms. The van der Waals surface area contributed by atoms with E-state index in [0.717, 1.165) is 17.4 Å². The Bertz CT molecular complexity index is 369. The smallest absolute Gasteiger partial charge is 0.150 e. The molecule has 0 heterocycles. The van der Waals surface area contributed by atoms with E-state index >= 15 is 0 Å². The molecule has 0 aliphatic rings. The number of rotatable bonds is 4. The molecule has 0 saturated carbocycles. The van der Waals surface area contributed by atoms with Crippen LogP contribution < -0.4 is 0 Å². The quantitative estimate of drug-likeness (QED) is 0.518. The van der Waals surface area contributed by atoms with Crippen LogP contribution in [-0.4, -0.2) is 6.29 Å². The van der Waals surface area contributed by atoms with Crippen molar-refractivity contribution >= 4 is 11.9 Å². The van der Waals surface area contributed by atoms with E-state index in [9.17, 15) is 4.79 Å². The maximum Gasteiger partial charge on any atom is 0.150 e. The third-order valence-electron chi connectivity index (χ3n) is 1.85. The summed E-state index contributed by atoms with van der Waals surface area (Å²) in [5, 5.41) is 0. The monoisotopic (exact) mass is 184 g/mol. The Morgan fingerprint density at radius 3 is 2.36 bits per heavy atom. The number of carbonyl (C=O) groups excluding carboxylic acids is 1. The predicted molar refractivity (Wildman–Crippen MR) is 60.2 cm³/mol. The molecule has 0 bridgehead atoms. The van der Waals surface area contributed by atoms with Gasteiger partial charge in [-0.1, -0.05) is 55.7 Å². The molecule has 70 valence electrons. The lowest BCUT2D eigenvalue weighted by Crippen LogP contribution is -1.82. The summed E-state index contributed by atoms with van der Waals surface area (Å²) in [7, 11) is 0. The Morgan fingerprint density at radius 1 is 1.21 bits per heavy atom. The summed E-state index contributed by atoms with van der Waals surface area (Å²) in [6.07, 6.45) is 6.23. The van der Waals surface area contributed by atoms with E-state index < -0.39 is 0 Å². The highest BCUT2D eigenvalue weighted by molar-refractivity contribution is 5.78. The summed E-state index contributed by atoms with van der Waals surface area (Å²) in [6.45, 7) is 7.47. The fraction of sp³-hybridized carbons (Fsp3) is 0. The highest BCUT2D eigenvalue weighted by atomic mass is 16.1. The van der Waals surface area contributed by atoms with E-state index in [4.69, 9.17) is 0 Å². The first-order chi connectivity index (χ1) is 6.77. The van der Waals surface area contributed by atoms with Crippen molar-refractivity contribution < 1.29 is 4.79 Å². The largest absolute Gasteiger partial charge is 0.298 e. The normalized spacial score (nSPS) is 10.0. The van der Waals surface area contributed by atoms with Crippen molar-refractivity contribution in [2.24, 2.45) is 0 Å². The van der Waals surface area contributed by atoms with Gasteiger partial charge in [0, 0.05) is 5.56 Å². The highest BCUT2D eigenvalue weighted by Gasteiger charge is 1.94. The van der Waals surface area contributed by atoms with Crippen molar-refractivity contribution in [2.75, 3.05) is 0 Å². The molecule has 1 aromatic rings. The van der Waals surface area contributed by atoms with E-state index in [0.29, 0.717) is 5.56 Å². The van der Waals surface area contributed by atoms with Gasteiger partial charge in [-0.25, -0.2) is 0 Å². The molecular formula is C13H12O. The molecule has 0 aromatic heterocycles. The van der Waals surface area contributed by atoms with Gasteiger partial charge in [0.1, 0.15) is 6.29 Å². The number of allylic oxidation sites excluding steroid dienone is 4. The van der Waals surface area contributed by atoms with Crippen LogP contribution in [-0.2, 0) is 0 Å². The Labute approximate surface area is 84.1 Å². The topological polar surface area (TPSA) is 17.1 Å². The Balaban J connectivity index is 2.86. The summed E-state index contributed by atoms with van der Waals surface area (Å²) in [5.74, 6) is 0.